The van der Waals surface area contributed by atoms with Gasteiger partial charge in [0, 0.05) is 11.8 Å². The van der Waals surface area contributed by atoms with Crippen molar-refractivity contribution in [1.29, 1.82) is 0 Å². The maximum absolute atomic E-state index is 10.6. The predicted molar refractivity (Wildman–Crippen MR) is 39.4 cm³/mol. The van der Waals surface area contributed by atoms with Crippen LogP contribution in [-0.2, 0) is 0 Å². The van der Waals surface area contributed by atoms with Gasteiger partial charge in [0.1, 0.15) is 0 Å². The average molecular weight is 134 g/mol. The molecule has 0 saturated heterocycles. The minimum absolute atomic E-state index is 0.149. The van der Waals surface area contributed by atoms with Gasteiger partial charge in [-0.25, -0.2) is 0 Å². The first-order chi connectivity index (χ1) is 4.74. The second-order valence-electron chi connectivity index (χ2n) is 1.82. The summed E-state index contributed by atoms with van der Waals surface area (Å²) in [6.07, 6.45) is 6.48. The van der Waals surface area contributed by atoms with E-state index in [0.717, 1.165) is 0 Å². The molecule has 0 fully saturated rings. The number of nitrogen functional groups attached to an aromatic ring is 1. The van der Waals surface area contributed by atoms with Gasteiger partial charge in [-0.3, -0.25) is 4.79 Å². The van der Waals surface area contributed by atoms with Gasteiger partial charge in [-0.2, -0.15) is 0 Å². The van der Waals surface area contributed by atoms with Crippen LogP contribution in [0.25, 0.3) is 0 Å². The van der Waals surface area contributed by atoms with E-state index in [0.29, 0.717) is 5.56 Å². The van der Waals surface area contributed by atoms with Crippen molar-refractivity contribution in [3.63, 3.8) is 0 Å². The molecule has 0 spiro atoms. The fourth-order valence-electron chi connectivity index (χ4n) is 0.585. The summed E-state index contributed by atoms with van der Waals surface area (Å²) >= 11 is 0. The van der Waals surface area contributed by atoms with Crippen LogP contribution in [0.3, 0.4) is 0 Å². The smallest absolute Gasteiger partial charge is 0.271 e. The molecule has 0 bridgehead atoms. The monoisotopic (exact) mass is 134 g/mol. The van der Waals surface area contributed by atoms with Gasteiger partial charge in [-0.05, 0) is 6.07 Å². The summed E-state index contributed by atoms with van der Waals surface area (Å²) in [6, 6.07) is 1.46. The highest BCUT2D eigenvalue weighted by atomic mass is 16.1. The maximum Gasteiger partial charge on any atom is 0.271 e. The Morgan fingerprint density at radius 2 is 2.40 bits per heavy atom. The van der Waals surface area contributed by atoms with Gasteiger partial charge >= 0.3 is 0 Å². The Bertz CT molecular complexity index is 332. The Morgan fingerprint density at radius 1 is 1.70 bits per heavy atom. The first-order valence-corrected chi connectivity index (χ1v) is 2.69. The molecule has 1 rings (SSSR count). The molecule has 0 aliphatic heterocycles. The lowest BCUT2D eigenvalue weighted by Crippen LogP contribution is -2.10. The van der Waals surface area contributed by atoms with Crippen molar-refractivity contribution in [2.45, 2.75) is 0 Å². The van der Waals surface area contributed by atoms with E-state index in [2.05, 4.69) is 10.9 Å². The Balaban J connectivity index is 3.34. The molecule has 1 aromatic heterocycles. The van der Waals surface area contributed by atoms with Crippen LogP contribution in [0.4, 0.5) is 5.69 Å². The van der Waals surface area contributed by atoms with Gasteiger partial charge in [0.05, 0.1) is 5.69 Å². The molecular formula is C7H6N2O. The summed E-state index contributed by atoms with van der Waals surface area (Å²) in [6.45, 7) is 0. The number of H-pyrrole nitrogens is 1. The normalized spacial score (nSPS) is 8.70. The van der Waals surface area contributed by atoms with Crippen LogP contribution in [0, 0.1) is 12.3 Å². The summed E-state index contributed by atoms with van der Waals surface area (Å²) in [4.78, 5) is 13.0. The van der Waals surface area contributed by atoms with E-state index in [4.69, 9.17) is 12.2 Å². The molecule has 3 N–H and O–H groups in total. The van der Waals surface area contributed by atoms with Crippen LogP contribution < -0.4 is 11.3 Å². The van der Waals surface area contributed by atoms with E-state index in [1.807, 2.05) is 0 Å². The number of aromatic amines is 1. The summed E-state index contributed by atoms with van der Waals surface area (Å²) in [5.41, 5.74) is 5.68. The molecule has 0 amide bonds. The fraction of sp³-hybridized carbons (Fsp3) is 0. The number of hydrogen-bond donors (Lipinski definition) is 2. The van der Waals surface area contributed by atoms with Crippen molar-refractivity contribution in [3.8, 4) is 12.3 Å². The third kappa shape index (κ3) is 1.00. The van der Waals surface area contributed by atoms with Crippen molar-refractivity contribution in [2.24, 2.45) is 0 Å². The van der Waals surface area contributed by atoms with Crippen LogP contribution >= 0.6 is 0 Å². The Kier molecular flexibility index (Phi) is 1.46. The molecule has 0 radical (unpaired) electrons. The molecule has 0 saturated carbocycles. The Morgan fingerprint density at radius 3 is 2.90 bits per heavy atom. The second kappa shape index (κ2) is 2.28. The van der Waals surface area contributed by atoms with E-state index in [9.17, 15) is 4.79 Å². The maximum atomic E-state index is 10.6. The molecule has 0 aromatic carbocycles. The lowest BCUT2D eigenvalue weighted by Gasteiger charge is -1.90. The SMILES string of the molecule is C#Cc1c[nH]c(=O)c(N)c1. The third-order valence-electron chi connectivity index (χ3n) is 1.10. The van der Waals surface area contributed by atoms with Gasteiger partial charge in [0.2, 0.25) is 0 Å². The summed E-state index contributed by atoms with van der Waals surface area (Å²) in [5, 5.41) is 0. The largest absolute Gasteiger partial charge is 0.394 e. The molecule has 0 atom stereocenters. The van der Waals surface area contributed by atoms with E-state index in [1.165, 1.54) is 12.3 Å². The number of rotatable bonds is 0. The fourth-order valence-corrected chi connectivity index (χ4v) is 0.585. The second-order valence-corrected chi connectivity index (χ2v) is 1.82. The Hall–Kier alpha value is -1.69. The highest BCUT2D eigenvalue weighted by Gasteiger charge is 1.92. The molecule has 0 aliphatic rings. The lowest BCUT2D eigenvalue weighted by molar-refractivity contribution is 1.23. The third-order valence-corrected chi connectivity index (χ3v) is 1.10. The molecule has 0 aliphatic carbocycles. The number of anilines is 1. The van der Waals surface area contributed by atoms with E-state index in [-0.39, 0.29) is 11.2 Å². The number of nitrogens with one attached hydrogen (secondary N) is 1. The number of aromatic nitrogens is 1. The lowest BCUT2D eigenvalue weighted by atomic mass is 10.3. The van der Waals surface area contributed by atoms with Crippen LogP contribution in [0.5, 0.6) is 0 Å². The molecule has 3 heteroatoms. The highest BCUT2D eigenvalue weighted by molar-refractivity contribution is 5.42. The molecule has 0 unspecified atom stereocenters. The van der Waals surface area contributed by atoms with Crippen molar-refractivity contribution in [3.05, 3.63) is 28.2 Å². The van der Waals surface area contributed by atoms with E-state index < -0.39 is 0 Å². The van der Waals surface area contributed by atoms with Crippen LogP contribution in [0.15, 0.2) is 17.1 Å². The number of hydrogen-bond acceptors (Lipinski definition) is 2. The average Bonchev–Trinajstić information content (AvgIpc) is 1.95. The molecule has 3 nitrogen and oxygen atoms in total. The minimum atomic E-state index is -0.306. The Labute approximate surface area is 57.9 Å². The zero-order valence-electron chi connectivity index (χ0n) is 5.22. The first kappa shape index (κ1) is 6.43. The standard InChI is InChI=1S/C7H6N2O/c1-2-5-3-6(8)7(10)9-4-5/h1,3-4H,8H2,(H,9,10). The first-order valence-electron chi connectivity index (χ1n) is 2.69. The topological polar surface area (TPSA) is 58.9 Å². The van der Waals surface area contributed by atoms with Crippen molar-refractivity contribution in [1.82, 2.24) is 4.98 Å². The molecule has 50 valence electrons. The zero-order valence-corrected chi connectivity index (χ0v) is 5.22. The number of pyridine rings is 1. The van der Waals surface area contributed by atoms with Crippen LogP contribution in [0.2, 0.25) is 0 Å². The zero-order chi connectivity index (χ0) is 7.56. The van der Waals surface area contributed by atoms with Gasteiger partial charge in [0.15, 0.2) is 0 Å². The predicted octanol–water partition coefficient (Wildman–Crippen LogP) is -0.0616. The van der Waals surface area contributed by atoms with Crippen LogP contribution in [0.1, 0.15) is 5.56 Å². The van der Waals surface area contributed by atoms with Gasteiger partial charge in [0.25, 0.3) is 5.56 Å². The minimum Gasteiger partial charge on any atom is -0.394 e. The summed E-state index contributed by atoms with van der Waals surface area (Å²) in [7, 11) is 0. The van der Waals surface area contributed by atoms with Gasteiger partial charge in [-0.1, -0.05) is 5.92 Å². The van der Waals surface area contributed by atoms with E-state index >= 15 is 0 Å². The molecule has 1 heterocycles. The highest BCUT2D eigenvalue weighted by Crippen LogP contribution is 1.95. The number of terminal acetylenes is 1. The van der Waals surface area contributed by atoms with Gasteiger partial charge < -0.3 is 10.7 Å². The van der Waals surface area contributed by atoms with Crippen molar-refractivity contribution >= 4 is 5.69 Å². The quantitative estimate of drug-likeness (QED) is 0.488. The van der Waals surface area contributed by atoms with Crippen molar-refractivity contribution < 1.29 is 0 Å². The van der Waals surface area contributed by atoms with Gasteiger partial charge in [-0.15, -0.1) is 6.42 Å². The summed E-state index contributed by atoms with van der Waals surface area (Å²) < 4.78 is 0. The number of nitrogens with two attached hydrogens (primary N) is 1. The molecular weight excluding hydrogens is 128 g/mol. The van der Waals surface area contributed by atoms with E-state index in [1.54, 1.807) is 0 Å². The molecule has 10 heavy (non-hydrogen) atoms. The molecule has 1 aromatic rings. The van der Waals surface area contributed by atoms with Crippen LogP contribution in [-0.4, -0.2) is 4.98 Å². The van der Waals surface area contributed by atoms with Crippen molar-refractivity contribution in [2.75, 3.05) is 5.73 Å². The summed E-state index contributed by atoms with van der Waals surface area (Å²) in [5.74, 6) is 2.34.